The maximum atomic E-state index is 6.35. The van der Waals surface area contributed by atoms with Crippen LogP contribution in [0.15, 0.2) is 12.2 Å². The molecule has 0 aliphatic heterocycles. The largest absolute Gasteiger partial charge is 0.378 e. The van der Waals surface area contributed by atoms with Crippen LogP contribution >= 0.6 is 0 Å². The van der Waals surface area contributed by atoms with Crippen LogP contribution in [0, 0.1) is 11.8 Å². The fraction of sp³-hybridized carbons (Fsp3) is 0.923. The zero-order valence-corrected chi connectivity index (χ0v) is 19.6. The predicted molar refractivity (Wildman–Crippen MR) is 123 cm³/mol. The summed E-state index contributed by atoms with van der Waals surface area (Å²) in [5, 5.41) is 0. The van der Waals surface area contributed by atoms with E-state index in [-0.39, 0.29) is 0 Å². The summed E-state index contributed by atoms with van der Waals surface area (Å²) in [6.07, 6.45) is 23.6. The van der Waals surface area contributed by atoms with Crippen LogP contribution in [-0.2, 0) is 9.47 Å². The lowest BCUT2D eigenvalue weighted by Crippen LogP contribution is -2.39. The highest BCUT2D eigenvalue weighted by Crippen LogP contribution is 2.34. The van der Waals surface area contributed by atoms with E-state index in [2.05, 4.69) is 39.8 Å². The van der Waals surface area contributed by atoms with Crippen molar-refractivity contribution in [1.29, 1.82) is 0 Å². The second kappa shape index (κ2) is 17.5. The van der Waals surface area contributed by atoms with Crippen LogP contribution in [0.5, 0.6) is 0 Å². The van der Waals surface area contributed by atoms with Gasteiger partial charge in [-0.25, -0.2) is 0 Å². The number of unbranched alkanes of at least 4 members (excludes halogenated alkanes) is 10. The molecule has 0 heterocycles. The monoisotopic (exact) mass is 394 g/mol. The maximum absolute atomic E-state index is 6.35. The number of hydrogen-bond acceptors (Lipinski definition) is 2. The summed E-state index contributed by atoms with van der Waals surface area (Å²) >= 11 is 0. The van der Waals surface area contributed by atoms with Gasteiger partial charge in [0.15, 0.2) is 0 Å². The molecule has 1 fully saturated rings. The van der Waals surface area contributed by atoms with E-state index in [1.807, 2.05) is 0 Å². The van der Waals surface area contributed by atoms with E-state index in [1.54, 1.807) is 0 Å². The molecule has 0 radical (unpaired) electrons. The first-order valence-corrected chi connectivity index (χ1v) is 12.6. The number of allylic oxidation sites excluding steroid dienone is 1. The van der Waals surface area contributed by atoms with Gasteiger partial charge in [-0.15, -0.1) is 0 Å². The Morgan fingerprint density at radius 1 is 0.679 bits per heavy atom. The molecular formula is C26H50O2. The minimum absolute atomic E-state index is 0.385. The molecule has 1 rings (SSSR count). The van der Waals surface area contributed by atoms with Gasteiger partial charge in [0.2, 0.25) is 0 Å². The highest BCUT2D eigenvalue weighted by atomic mass is 16.5. The van der Waals surface area contributed by atoms with Crippen LogP contribution in [0.3, 0.4) is 0 Å². The first-order valence-electron chi connectivity index (χ1n) is 12.6. The average Bonchev–Trinajstić information content (AvgIpc) is 2.69. The molecule has 0 aromatic carbocycles. The third-order valence-corrected chi connectivity index (χ3v) is 6.32. The minimum atomic E-state index is 0.385. The molecule has 1 saturated carbocycles. The standard InChI is InChI=1S/C26H50O2/c1-5-8-10-12-14-16-19-27-25-22-24(18-7-3)26(21-23(25)4)28-20-17-15-13-11-9-6-2/h7,18,23-26H,5-6,8-17,19-22H2,1-4H3/b18-7+. The van der Waals surface area contributed by atoms with Gasteiger partial charge in [0.25, 0.3) is 0 Å². The van der Waals surface area contributed by atoms with E-state index in [9.17, 15) is 0 Å². The first-order chi connectivity index (χ1) is 13.7. The molecule has 0 aromatic rings. The highest BCUT2D eigenvalue weighted by Gasteiger charge is 2.34. The summed E-state index contributed by atoms with van der Waals surface area (Å²) in [6.45, 7) is 10.9. The van der Waals surface area contributed by atoms with E-state index < -0.39 is 0 Å². The van der Waals surface area contributed by atoms with Gasteiger partial charge in [0.05, 0.1) is 12.2 Å². The molecule has 4 unspecified atom stereocenters. The molecule has 0 saturated heterocycles. The van der Waals surface area contributed by atoms with Crippen molar-refractivity contribution >= 4 is 0 Å². The Hall–Kier alpha value is -0.340. The van der Waals surface area contributed by atoms with Crippen LogP contribution < -0.4 is 0 Å². The molecule has 2 heteroatoms. The molecule has 0 aromatic heterocycles. The molecule has 166 valence electrons. The molecule has 0 spiro atoms. The summed E-state index contributed by atoms with van der Waals surface area (Å²) in [6, 6.07) is 0. The van der Waals surface area contributed by atoms with Crippen LogP contribution in [-0.4, -0.2) is 25.4 Å². The third kappa shape index (κ3) is 11.6. The summed E-state index contributed by atoms with van der Waals surface area (Å²) in [5.74, 6) is 1.13. The molecule has 2 nitrogen and oxygen atoms in total. The molecule has 4 atom stereocenters. The van der Waals surface area contributed by atoms with Crippen molar-refractivity contribution in [3.05, 3.63) is 12.2 Å². The lowest BCUT2D eigenvalue weighted by atomic mass is 9.78. The van der Waals surface area contributed by atoms with Gasteiger partial charge < -0.3 is 9.47 Å². The summed E-state index contributed by atoms with van der Waals surface area (Å²) in [5.41, 5.74) is 0. The fourth-order valence-corrected chi connectivity index (χ4v) is 4.45. The molecule has 1 aliphatic rings. The van der Waals surface area contributed by atoms with E-state index >= 15 is 0 Å². The van der Waals surface area contributed by atoms with Crippen LogP contribution in [0.25, 0.3) is 0 Å². The zero-order chi connectivity index (χ0) is 20.5. The Morgan fingerprint density at radius 2 is 1.18 bits per heavy atom. The Labute approximate surface area is 176 Å². The summed E-state index contributed by atoms with van der Waals surface area (Å²) in [4.78, 5) is 0. The molecule has 0 amide bonds. The van der Waals surface area contributed by atoms with Crippen molar-refractivity contribution in [2.24, 2.45) is 11.8 Å². The number of hydrogen-bond donors (Lipinski definition) is 0. The van der Waals surface area contributed by atoms with Gasteiger partial charge in [0, 0.05) is 19.1 Å². The SMILES string of the molecule is C/C=C/C1CC(OCCCCCCCC)C(C)CC1OCCCCCCCC. The van der Waals surface area contributed by atoms with E-state index in [0.717, 1.165) is 26.1 Å². The fourth-order valence-electron chi connectivity index (χ4n) is 4.45. The number of ether oxygens (including phenoxy) is 2. The van der Waals surface area contributed by atoms with Crippen molar-refractivity contribution in [2.45, 2.75) is 130 Å². The zero-order valence-electron chi connectivity index (χ0n) is 19.6. The molecule has 0 N–H and O–H groups in total. The number of rotatable bonds is 17. The average molecular weight is 395 g/mol. The Morgan fingerprint density at radius 3 is 1.71 bits per heavy atom. The summed E-state index contributed by atoms with van der Waals surface area (Å²) < 4.78 is 12.7. The third-order valence-electron chi connectivity index (χ3n) is 6.32. The van der Waals surface area contributed by atoms with Crippen molar-refractivity contribution in [1.82, 2.24) is 0 Å². The molecule has 1 aliphatic carbocycles. The van der Waals surface area contributed by atoms with Crippen molar-refractivity contribution < 1.29 is 9.47 Å². The van der Waals surface area contributed by atoms with Gasteiger partial charge in [-0.2, -0.15) is 0 Å². The van der Waals surface area contributed by atoms with Crippen LogP contribution in [0.4, 0.5) is 0 Å². The first kappa shape index (κ1) is 25.7. The predicted octanol–water partition coefficient (Wildman–Crippen LogP) is 8.10. The topological polar surface area (TPSA) is 18.5 Å². The quantitative estimate of drug-likeness (QED) is 0.183. The van der Waals surface area contributed by atoms with Gasteiger partial charge >= 0.3 is 0 Å². The maximum Gasteiger partial charge on any atom is 0.0642 e. The second-order valence-electron chi connectivity index (χ2n) is 8.99. The second-order valence-corrected chi connectivity index (χ2v) is 8.99. The van der Waals surface area contributed by atoms with Gasteiger partial charge in [-0.1, -0.05) is 97.1 Å². The Balaban J connectivity index is 2.25. The lowest BCUT2D eigenvalue weighted by molar-refractivity contribution is -0.0797. The van der Waals surface area contributed by atoms with Gasteiger partial charge in [0.1, 0.15) is 0 Å². The van der Waals surface area contributed by atoms with Crippen molar-refractivity contribution in [3.63, 3.8) is 0 Å². The van der Waals surface area contributed by atoms with E-state index in [4.69, 9.17) is 9.47 Å². The molecule has 0 bridgehead atoms. The Kier molecular flexibility index (Phi) is 16.1. The molecule has 28 heavy (non-hydrogen) atoms. The normalized spacial score (nSPS) is 25.6. The Bertz CT molecular complexity index is 365. The minimum Gasteiger partial charge on any atom is -0.378 e. The van der Waals surface area contributed by atoms with E-state index in [1.165, 1.54) is 77.0 Å². The van der Waals surface area contributed by atoms with Crippen LogP contribution in [0.1, 0.15) is 118 Å². The smallest absolute Gasteiger partial charge is 0.0642 e. The highest BCUT2D eigenvalue weighted by molar-refractivity contribution is 4.97. The van der Waals surface area contributed by atoms with Gasteiger partial charge in [-0.05, 0) is 38.5 Å². The van der Waals surface area contributed by atoms with Crippen molar-refractivity contribution in [2.75, 3.05) is 13.2 Å². The lowest BCUT2D eigenvalue weighted by Gasteiger charge is -2.39. The van der Waals surface area contributed by atoms with E-state index in [0.29, 0.717) is 24.0 Å². The van der Waals surface area contributed by atoms with Gasteiger partial charge in [-0.3, -0.25) is 0 Å². The van der Waals surface area contributed by atoms with Crippen molar-refractivity contribution in [3.8, 4) is 0 Å². The van der Waals surface area contributed by atoms with Crippen LogP contribution in [0.2, 0.25) is 0 Å². The summed E-state index contributed by atoms with van der Waals surface area (Å²) in [7, 11) is 0. The molecular weight excluding hydrogens is 344 g/mol.